The van der Waals surface area contributed by atoms with E-state index in [4.69, 9.17) is 5.73 Å². The van der Waals surface area contributed by atoms with E-state index in [0.29, 0.717) is 0 Å². The van der Waals surface area contributed by atoms with Gasteiger partial charge >= 0.3 is 18.9 Å². The number of anilines is 1. The van der Waals surface area contributed by atoms with Crippen molar-refractivity contribution in [2.24, 2.45) is 0 Å². The molecule has 0 aliphatic rings. The Morgan fingerprint density at radius 1 is 1.33 bits per heavy atom. The molecule has 0 amide bonds. The maximum Gasteiger partial charge on any atom is 1.00 e. The number of nitrogen functional groups attached to an aromatic ring is 1. The molecule has 0 saturated heterocycles. The van der Waals surface area contributed by atoms with Crippen LogP contribution in [0.4, 0.5) is 11.4 Å². The summed E-state index contributed by atoms with van der Waals surface area (Å²) in [6.07, 6.45) is 0. The molecule has 0 aromatic heterocycles. The minimum absolute atomic E-state index is 0. The van der Waals surface area contributed by atoms with Crippen molar-refractivity contribution in [2.45, 2.75) is 4.90 Å². The number of hydrogen-bond donors (Lipinski definition) is 1. The zero-order chi connectivity index (χ0) is 10.9. The smallest absolute Gasteiger partial charge is 0.744 e. The van der Waals surface area contributed by atoms with Crippen molar-refractivity contribution in [2.75, 3.05) is 5.73 Å². The van der Waals surface area contributed by atoms with Crippen molar-refractivity contribution in [3.05, 3.63) is 28.3 Å². The van der Waals surface area contributed by atoms with Gasteiger partial charge in [-0.25, -0.2) is 8.42 Å². The summed E-state index contributed by atoms with van der Waals surface area (Å²) < 4.78 is 31.7. The van der Waals surface area contributed by atoms with Gasteiger partial charge in [0.1, 0.15) is 15.0 Å². The third-order valence-electron chi connectivity index (χ3n) is 1.45. The van der Waals surface area contributed by atoms with E-state index in [2.05, 4.69) is 0 Å². The third kappa shape index (κ3) is 3.21. The molecule has 1 aromatic carbocycles. The monoisotopic (exact) mass is 224 g/mol. The minimum atomic E-state index is -4.84. The van der Waals surface area contributed by atoms with Crippen LogP contribution < -0.4 is 24.6 Å². The van der Waals surface area contributed by atoms with Crippen molar-refractivity contribution in [1.82, 2.24) is 0 Å². The number of hydrogen-bond acceptors (Lipinski definition) is 6. The van der Waals surface area contributed by atoms with Crippen molar-refractivity contribution in [1.29, 1.82) is 0 Å². The van der Waals surface area contributed by atoms with E-state index in [1.807, 2.05) is 0 Å². The van der Waals surface area contributed by atoms with Crippen molar-refractivity contribution in [3.8, 4) is 0 Å². The molecule has 0 bridgehead atoms. The average molecular weight is 224 g/mol. The van der Waals surface area contributed by atoms with Gasteiger partial charge in [0.05, 0.1) is 4.92 Å². The Hall–Kier alpha value is -1.07. The Morgan fingerprint density at radius 3 is 2.27 bits per heavy atom. The molecule has 0 aliphatic heterocycles. The SMILES string of the molecule is Nc1ccc(S(=O)(=O)[O-])c([N+](=O)[O-])c1.[Li+]. The van der Waals surface area contributed by atoms with E-state index in [1.165, 1.54) is 0 Å². The van der Waals surface area contributed by atoms with E-state index < -0.39 is 25.6 Å². The summed E-state index contributed by atoms with van der Waals surface area (Å²) in [4.78, 5) is 8.52. The second-order valence-electron chi connectivity index (χ2n) is 2.44. The average Bonchev–Trinajstić information content (AvgIpc) is 2.01. The van der Waals surface area contributed by atoms with E-state index in [-0.39, 0.29) is 24.5 Å². The van der Waals surface area contributed by atoms with E-state index in [9.17, 15) is 23.1 Å². The molecule has 0 unspecified atom stereocenters. The second-order valence-corrected chi connectivity index (χ2v) is 3.79. The molecule has 0 spiro atoms. The van der Waals surface area contributed by atoms with Crippen LogP contribution in [0.5, 0.6) is 0 Å². The minimum Gasteiger partial charge on any atom is -0.744 e. The van der Waals surface area contributed by atoms with Gasteiger partial charge in [0.2, 0.25) is 0 Å². The van der Waals surface area contributed by atoms with Gasteiger partial charge in [-0.15, -0.1) is 0 Å². The molecular weight excluding hydrogens is 219 g/mol. The fourth-order valence-corrected chi connectivity index (χ4v) is 1.51. The molecule has 2 N–H and O–H groups in total. The number of nitrogens with zero attached hydrogens (tertiary/aromatic N) is 1. The molecule has 76 valence electrons. The maximum absolute atomic E-state index is 10.6. The van der Waals surface area contributed by atoms with Gasteiger partial charge in [-0.1, -0.05) is 0 Å². The van der Waals surface area contributed by atoms with Crippen LogP contribution in [-0.4, -0.2) is 17.9 Å². The van der Waals surface area contributed by atoms with Gasteiger partial charge in [0, 0.05) is 11.8 Å². The fourth-order valence-electron chi connectivity index (χ4n) is 0.888. The van der Waals surface area contributed by atoms with Gasteiger partial charge in [-0.3, -0.25) is 10.1 Å². The number of rotatable bonds is 2. The van der Waals surface area contributed by atoms with Crippen LogP contribution in [0.3, 0.4) is 0 Å². The summed E-state index contributed by atoms with van der Waals surface area (Å²) in [5, 5.41) is 10.4. The summed E-state index contributed by atoms with van der Waals surface area (Å²) >= 11 is 0. The van der Waals surface area contributed by atoms with E-state index in [1.54, 1.807) is 0 Å². The van der Waals surface area contributed by atoms with Crippen molar-refractivity contribution in [3.63, 3.8) is 0 Å². The first kappa shape index (κ1) is 13.9. The summed E-state index contributed by atoms with van der Waals surface area (Å²) in [6, 6.07) is 2.75. The normalized spacial score (nSPS) is 10.5. The first-order valence-electron chi connectivity index (χ1n) is 3.32. The van der Waals surface area contributed by atoms with Crippen LogP contribution >= 0.6 is 0 Å². The van der Waals surface area contributed by atoms with Gasteiger partial charge in [-0.2, -0.15) is 0 Å². The zero-order valence-electron chi connectivity index (χ0n) is 7.71. The summed E-state index contributed by atoms with van der Waals surface area (Å²) in [7, 11) is -4.84. The molecule has 0 heterocycles. The Morgan fingerprint density at radius 2 is 1.87 bits per heavy atom. The molecule has 0 fully saturated rings. The van der Waals surface area contributed by atoms with Gasteiger partial charge in [0.15, 0.2) is 0 Å². The molecule has 0 radical (unpaired) electrons. The predicted octanol–water partition coefficient (Wildman–Crippen LogP) is -2.91. The second kappa shape index (κ2) is 4.63. The molecule has 0 atom stereocenters. The molecule has 0 saturated carbocycles. The predicted molar refractivity (Wildman–Crippen MR) is 45.5 cm³/mol. The summed E-state index contributed by atoms with van der Waals surface area (Å²) in [5.74, 6) is 0. The van der Waals surface area contributed by atoms with Crippen LogP contribution in [0.25, 0.3) is 0 Å². The van der Waals surface area contributed by atoms with Gasteiger partial charge in [0.25, 0.3) is 5.69 Å². The Bertz CT molecular complexity index is 486. The van der Waals surface area contributed by atoms with E-state index >= 15 is 0 Å². The Labute approximate surface area is 97.4 Å². The number of nitrogens with two attached hydrogens (primary N) is 1. The summed E-state index contributed by atoms with van der Waals surface area (Å²) in [6.45, 7) is 0. The maximum atomic E-state index is 10.6. The quantitative estimate of drug-likeness (QED) is 0.188. The summed E-state index contributed by atoms with van der Waals surface area (Å²) in [5.41, 5.74) is 4.42. The van der Waals surface area contributed by atoms with Crippen LogP contribution in [0.2, 0.25) is 0 Å². The standard InChI is InChI=1S/C6H6N2O5S.Li/c7-4-1-2-6(14(11,12)13)5(3-4)8(9)10;/h1-3H,7H2,(H,11,12,13);/q;+1/p-1. The van der Waals surface area contributed by atoms with E-state index in [0.717, 1.165) is 18.2 Å². The van der Waals surface area contributed by atoms with Crippen LogP contribution in [-0.2, 0) is 10.1 Å². The van der Waals surface area contributed by atoms with Crippen molar-refractivity contribution >= 4 is 21.5 Å². The van der Waals surface area contributed by atoms with Gasteiger partial charge < -0.3 is 10.3 Å². The number of benzene rings is 1. The van der Waals surface area contributed by atoms with Crippen LogP contribution in [0, 0.1) is 10.1 Å². The molecule has 1 rings (SSSR count). The first-order chi connectivity index (χ1) is 6.32. The Balaban J connectivity index is 0.00000196. The molecule has 9 heteroatoms. The molecule has 15 heavy (non-hydrogen) atoms. The van der Waals surface area contributed by atoms with Crippen LogP contribution in [0.1, 0.15) is 0 Å². The number of nitro benzene ring substituents is 1. The van der Waals surface area contributed by atoms with Gasteiger partial charge in [-0.05, 0) is 12.1 Å². The van der Waals surface area contributed by atoms with Crippen LogP contribution in [0.15, 0.2) is 23.1 Å². The zero-order valence-corrected chi connectivity index (χ0v) is 8.52. The molecular formula is C6H5LiN2O5S. The first-order valence-corrected chi connectivity index (χ1v) is 4.73. The molecule has 7 nitrogen and oxygen atoms in total. The topological polar surface area (TPSA) is 126 Å². The molecule has 0 aliphatic carbocycles. The molecule has 1 aromatic rings. The largest absolute Gasteiger partial charge is 1.00 e. The third-order valence-corrected chi connectivity index (χ3v) is 2.33. The number of nitro groups is 1. The Kier molecular flexibility index (Phi) is 4.30. The van der Waals surface area contributed by atoms with Crippen molar-refractivity contribution < 1.29 is 36.8 Å². The fraction of sp³-hybridized carbons (Fsp3) is 0.